The van der Waals surface area contributed by atoms with E-state index in [1.54, 1.807) is 11.8 Å². The lowest BCUT2D eigenvalue weighted by Gasteiger charge is -2.22. The molecule has 0 aliphatic carbocycles. The van der Waals surface area contributed by atoms with E-state index in [1.807, 2.05) is 18.2 Å². The number of nitrogens with zero attached hydrogens (tertiary/aromatic N) is 2. The van der Waals surface area contributed by atoms with Crippen LogP contribution >= 0.6 is 11.8 Å². The van der Waals surface area contributed by atoms with Gasteiger partial charge in [0, 0.05) is 11.3 Å². The van der Waals surface area contributed by atoms with Crippen LogP contribution in [0.3, 0.4) is 0 Å². The summed E-state index contributed by atoms with van der Waals surface area (Å²) >= 11 is 1.60. The third-order valence-corrected chi connectivity index (χ3v) is 5.53. The van der Waals surface area contributed by atoms with Crippen molar-refractivity contribution in [2.75, 3.05) is 0 Å². The smallest absolute Gasteiger partial charge is 0.277 e. The van der Waals surface area contributed by atoms with E-state index in [2.05, 4.69) is 69.9 Å². The van der Waals surface area contributed by atoms with Crippen molar-refractivity contribution in [2.45, 2.75) is 57.9 Å². The molecule has 0 radical (unpaired) electrons. The third-order valence-electron chi connectivity index (χ3n) is 4.68. The van der Waals surface area contributed by atoms with E-state index >= 15 is 0 Å². The van der Waals surface area contributed by atoms with Crippen molar-refractivity contribution in [1.82, 2.24) is 10.2 Å². The highest BCUT2D eigenvalue weighted by Gasteiger charge is 2.17. The van der Waals surface area contributed by atoms with Crippen molar-refractivity contribution < 1.29 is 4.42 Å². The molecule has 3 nitrogen and oxygen atoms in total. The zero-order chi connectivity index (χ0) is 18.9. The Hall–Kier alpha value is -2.07. The third kappa shape index (κ3) is 4.01. The molecule has 4 heteroatoms. The summed E-state index contributed by atoms with van der Waals surface area (Å²) in [5, 5.41) is 9.04. The normalized spacial score (nSPS) is 11.8. The van der Waals surface area contributed by atoms with Crippen molar-refractivity contribution in [1.29, 1.82) is 0 Å². The summed E-state index contributed by atoms with van der Waals surface area (Å²) < 4.78 is 5.87. The first-order valence-electron chi connectivity index (χ1n) is 8.88. The van der Waals surface area contributed by atoms with Crippen molar-refractivity contribution in [3.05, 3.63) is 64.2 Å². The van der Waals surface area contributed by atoms with Gasteiger partial charge in [0.2, 0.25) is 5.89 Å². The lowest BCUT2D eigenvalue weighted by atomic mass is 9.84. The van der Waals surface area contributed by atoms with Crippen LogP contribution in [0, 0.1) is 20.8 Å². The molecule has 0 unspecified atom stereocenters. The Morgan fingerprint density at radius 3 is 2.19 bits per heavy atom. The maximum absolute atomic E-state index is 5.87. The van der Waals surface area contributed by atoms with E-state index < -0.39 is 0 Å². The average Bonchev–Trinajstić information content (AvgIpc) is 3.02. The second-order valence-corrected chi connectivity index (χ2v) is 8.74. The number of thioether (sulfide) groups is 1. The number of hydrogen-bond acceptors (Lipinski definition) is 4. The highest BCUT2D eigenvalue weighted by Crippen LogP contribution is 2.32. The van der Waals surface area contributed by atoms with Crippen LogP contribution in [0.4, 0.5) is 0 Å². The second kappa shape index (κ2) is 7.28. The minimum absolute atomic E-state index is 0.163. The molecule has 3 aromatic rings. The molecule has 1 heterocycles. The SMILES string of the molecule is Cc1ccccc1-c1nnc(SCc2c(C)cc(C(C)(C)C)cc2C)o1. The van der Waals surface area contributed by atoms with Crippen LogP contribution in [-0.4, -0.2) is 10.2 Å². The predicted molar refractivity (Wildman–Crippen MR) is 109 cm³/mol. The Morgan fingerprint density at radius 2 is 1.58 bits per heavy atom. The maximum atomic E-state index is 5.87. The van der Waals surface area contributed by atoms with Crippen molar-refractivity contribution >= 4 is 11.8 Å². The molecule has 0 spiro atoms. The van der Waals surface area contributed by atoms with Gasteiger partial charge in [0.05, 0.1) is 0 Å². The minimum Gasteiger partial charge on any atom is -0.411 e. The molecule has 0 bridgehead atoms. The summed E-state index contributed by atoms with van der Waals surface area (Å²) in [6.45, 7) is 13.2. The zero-order valence-electron chi connectivity index (χ0n) is 16.4. The van der Waals surface area contributed by atoms with Crippen LogP contribution in [0.15, 0.2) is 46.0 Å². The van der Waals surface area contributed by atoms with Gasteiger partial charge in [-0.1, -0.05) is 62.9 Å². The van der Waals surface area contributed by atoms with Gasteiger partial charge in [-0.25, -0.2) is 0 Å². The Bertz CT molecular complexity index is 899. The van der Waals surface area contributed by atoms with Gasteiger partial charge >= 0.3 is 0 Å². The lowest BCUT2D eigenvalue weighted by Crippen LogP contribution is -2.12. The van der Waals surface area contributed by atoms with Gasteiger partial charge in [-0.3, -0.25) is 0 Å². The molecule has 0 aliphatic heterocycles. The Labute approximate surface area is 160 Å². The van der Waals surface area contributed by atoms with Crippen LogP contribution < -0.4 is 0 Å². The van der Waals surface area contributed by atoms with Gasteiger partial charge in [-0.15, -0.1) is 10.2 Å². The van der Waals surface area contributed by atoms with Crippen LogP contribution in [0.2, 0.25) is 0 Å². The summed E-state index contributed by atoms with van der Waals surface area (Å²) in [4.78, 5) is 0. The Kier molecular flexibility index (Phi) is 5.24. The number of aryl methyl sites for hydroxylation is 3. The van der Waals surface area contributed by atoms with Crippen LogP contribution in [-0.2, 0) is 11.2 Å². The van der Waals surface area contributed by atoms with E-state index in [0.29, 0.717) is 11.1 Å². The highest BCUT2D eigenvalue weighted by molar-refractivity contribution is 7.98. The first-order valence-corrected chi connectivity index (χ1v) is 9.87. The Balaban J connectivity index is 1.77. The fraction of sp³-hybridized carbons (Fsp3) is 0.364. The van der Waals surface area contributed by atoms with E-state index in [4.69, 9.17) is 4.42 Å². The van der Waals surface area contributed by atoms with Crippen molar-refractivity contribution in [2.24, 2.45) is 0 Å². The largest absolute Gasteiger partial charge is 0.411 e. The molecule has 2 aromatic carbocycles. The molecule has 136 valence electrons. The van der Waals surface area contributed by atoms with E-state index in [-0.39, 0.29) is 5.41 Å². The molecular weight excluding hydrogens is 340 g/mol. The molecule has 0 saturated heterocycles. The number of benzene rings is 2. The Morgan fingerprint density at radius 1 is 0.923 bits per heavy atom. The molecule has 1 aromatic heterocycles. The molecule has 0 N–H and O–H groups in total. The monoisotopic (exact) mass is 366 g/mol. The molecular formula is C22H26N2OS. The number of rotatable bonds is 4. The average molecular weight is 367 g/mol. The number of hydrogen-bond donors (Lipinski definition) is 0. The molecule has 0 saturated carbocycles. The molecule has 0 atom stereocenters. The molecule has 0 amide bonds. The second-order valence-electron chi connectivity index (χ2n) is 7.82. The van der Waals surface area contributed by atoms with Crippen LogP contribution in [0.25, 0.3) is 11.5 Å². The molecule has 0 fully saturated rings. The van der Waals surface area contributed by atoms with Gasteiger partial charge in [0.1, 0.15) is 0 Å². The topological polar surface area (TPSA) is 38.9 Å². The van der Waals surface area contributed by atoms with Crippen LogP contribution in [0.1, 0.15) is 48.6 Å². The lowest BCUT2D eigenvalue weighted by molar-refractivity contribution is 0.465. The number of aromatic nitrogens is 2. The summed E-state index contributed by atoms with van der Waals surface area (Å²) in [6, 6.07) is 12.7. The van der Waals surface area contributed by atoms with Crippen molar-refractivity contribution in [3.8, 4) is 11.5 Å². The van der Waals surface area contributed by atoms with Gasteiger partial charge in [-0.05, 0) is 60.1 Å². The standard InChI is InChI=1S/C22H26N2OS/c1-14-9-7-8-10-18(14)20-23-24-21(25-20)26-13-19-15(2)11-17(12-16(19)3)22(4,5)6/h7-12H,13H2,1-6H3. The fourth-order valence-corrected chi connectivity index (χ4v) is 3.94. The van der Waals surface area contributed by atoms with E-state index in [1.165, 1.54) is 22.3 Å². The highest BCUT2D eigenvalue weighted by atomic mass is 32.2. The van der Waals surface area contributed by atoms with Crippen molar-refractivity contribution in [3.63, 3.8) is 0 Å². The summed E-state index contributed by atoms with van der Waals surface area (Å²) in [7, 11) is 0. The van der Waals surface area contributed by atoms with Gasteiger partial charge in [0.25, 0.3) is 5.22 Å². The summed E-state index contributed by atoms with van der Waals surface area (Å²) in [6.07, 6.45) is 0. The predicted octanol–water partition coefficient (Wildman–Crippen LogP) is 6.25. The van der Waals surface area contributed by atoms with Gasteiger partial charge in [0.15, 0.2) is 0 Å². The maximum Gasteiger partial charge on any atom is 0.277 e. The zero-order valence-corrected chi connectivity index (χ0v) is 17.2. The van der Waals surface area contributed by atoms with Gasteiger partial charge in [-0.2, -0.15) is 0 Å². The van der Waals surface area contributed by atoms with E-state index in [0.717, 1.165) is 16.9 Å². The molecule has 0 aliphatic rings. The fourth-order valence-electron chi connectivity index (χ4n) is 2.98. The van der Waals surface area contributed by atoms with E-state index in [9.17, 15) is 0 Å². The quantitative estimate of drug-likeness (QED) is 0.511. The first-order chi connectivity index (χ1) is 12.3. The molecule has 26 heavy (non-hydrogen) atoms. The van der Waals surface area contributed by atoms with Gasteiger partial charge < -0.3 is 4.42 Å². The summed E-state index contributed by atoms with van der Waals surface area (Å²) in [5.74, 6) is 1.42. The summed E-state index contributed by atoms with van der Waals surface area (Å²) in [5.41, 5.74) is 7.66. The van der Waals surface area contributed by atoms with Crippen LogP contribution in [0.5, 0.6) is 0 Å². The first kappa shape index (κ1) is 18.7. The molecule has 3 rings (SSSR count). The minimum atomic E-state index is 0.163.